The lowest BCUT2D eigenvalue weighted by atomic mass is 10.2. The highest BCUT2D eigenvalue weighted by Gasteiger charge is 2.18. The third kappa shape index (κ3) is 4.16. The van der Waals surface area contributed by atoms with Gasteiger partial charge in [-0.15, -0.1) is 0 Å². The lowest BCUT2D eigenvalue weighted by molar-refractivity contribution is 0.190. The maximum absolute atomic E-state index is 12.2. The normalized spacial score (nSPS) is 19.8. The molecule has 116 valence electrons. The molecule has 0 radical (unpaired) electrons. The van der Waals surface area contributed by atoms with Crippen molar-refractivity contribution in [3.05, 3.63) is 29.8 Å². The number of nitrogens with one attached hydrogen (secondary N) is 1. The van der Waals surface area contributed by atoms with Gasteiger partial charge in [-0.25, -0.2) is 8.42 Å². The largest absolute Gasteiger partial charge is 0.409 e. The minimum absolute atomic E-state index is 0.0203. The Morgan fingerprint density at radius 1 is 1.43 bits per heavy atom. The van der Waals surface area contributed by atoms with Gasteiger partial charge >= 0.3 is 0 Å². The standard InChI is InChI=1S/C13H19N3O4S/c14-13(16-17)10-1-3-12(4-2-10)21(18,19)8-6-15-11-5-7-20-9-11/h1-4,11,15,17H,5-9H2,(H2,14,16). The van der Waals surface area contributed by atoms with Crippen molar-refractivity contribution in [1.82, 2.24) is 5.32 Å². The van der Waals surface area contributed by atoms with Crippen molar-refractivity contribution in [1.29, 1.82) is 0 Å². The zero-order valence-electron chi connectivity index (χ0n) is 11.5. The number of hydrogen-bond acceptors (Lipinski definition) is 6. The van der Waals surface area contributed by atoms with Crippen LogP contribution in [0.1, 0.15) is 12.0 Å². The molecular weight excluding hydrogens is 294 g/mol. The maximum atomic E-state index is 12.2. The third-order valence-electron chi connectivity index (χ3n) is 3.35. The SMILES string of the molecule is N/C(=N/O)c1ccc(S(=O)(=O)CCNC2CCOC2)cc1. The number of amidine groups is 1. The smallest absolute Gasteiger partial charge is 0.179 e. The van der Waals surface area contributed by atoms with Gasteiger partial charge in [0.2, 0.25) is 0 Å². The van der Waals surface area contributed by atoms with Crippen molar-refractivity contribution in [3.63, 3.8) is 0 Å². The van der Waals surface area contributed by atoms with Gasteiger partial charge in [0.05, 0.1) is 17.3 Å². The number of benzene rings is 1. The predicted molar refractivity (Wildman–Crippen MR) is 78.2 cm³/mol. The molecule has 4 N–H and O–H groups in total. The first-order valence-electron chi connectivity index (χ1n) is 6.65. The lowest BCUT2D eigenvalue weighted by Crippen LogP contribution is -2.33. The lowest BCUT2D eigenvalue weighted by Gasteiger charge is -2.10. The quantitative estimate of drug-likeness (QED) is 0.293. The summed E-state index contributed by atoms with van der Waals surface area (Å²) in [5.41, 5.74) is 5.90. The van der Waals surface area contributed by atoms with E-state index in [9.17, 15) is 8.42 Å². The maximum Gasteiger partial charge on any atom is 0.179 e. The Bertz CT molecular complexity index is 592. The Morgan fingerprint density at radius 3 is 2.71 bits per heavy atom. The van der Waals surface area contributed by atoms with Crippen LogP contribution in [-0.4, -0.2) is 51.0 Å². The van der Waals surface area contributed by atoms with Gasteiger partial charge < -0.3 is 21.0 Å². The number of hydrogen-bond donors (Lipinski definition) is 3. The monoisotopic (exact) mass is 313 g/mol. The first kappa shape index (κ1) is 15.7. The summed E-state index contributed by atoms with van der Waals surface area (Å²) in [4.78, 5) is 0.224. The highest BCUT2D eigenvalue weighted by Crippen LogP contribution is 2.12. The number of nitrogens with zero attached hydrogens (tertiary/aromatic N) is 1. The summed E-state index contributed by atoms with van der Waals surface area (Å²) in [7, 11) is -3.35. The highest BCUT2D eigenvalue weighted by molar-refractivity contribution is 7.91. The molecule has 0 saturated carbocycles. The Kier molecular flexibility index (Phi) is 5.16. The van der Waals surface area contributed by atoms with E-state index in [0.29, 0.717) is 18.7 Å². The second kappa shape index (κ2) is 6.88. The molecule has 0 amide bonds. The molecule has 8 heteroatoms. The summed E-state index contributed by atoms with van der Waals surface area (Å²) in [6, 6.07) is 6.19. The van der Waals surface area contributed by atoms with Crippen molar-refractivity contribution in [2.75, 3.05) is 25.5 Å². The van der Waals surface area contributed by atoms with Crippen LogP contribution in [0.2, 0.25) is 0 Å². The number of nitrogens with two attached hydrogens (primary N) is 1. The molecule has 0 spiro atoms. The van der Waals surface area contributed by atoms with E-state index in [1.165, 1.54) is 24.3 Å². The van der Waals surface area contributed by atoms with Crippen molar-refractivity contribution in [2.45, 2.75) is 17.4 Å². The van der Waals surface area contributed by atoms with E-state index in [1.807, 2.05) is 0 Å². The van der Waals surface area contributed by atoms with Crippen LogP contribution < -0.4 is 11.1 Å². The summed E-state index contributed by atoms with van der Waals surface area (Å²) in [5.74, 6) is -0.0336. The number of oxime groups is 1. The Labute approximate surface area is 123 Å². The van der Waals surface area contributed by atoms with Gasteiger partial charge in [0, 0.05) is 24.8 Å². The van der Waals surface area contributed by atoms with Gasteiger partial charge in [-0.1, -0.05) is 5.16 Å². The van der Waals surface area contributed by atoms with E-state index in [0.717, 1.165) is 13.0 Å². The number of sulfone groups is 1. The topological polar surface area (TPSA) is 114 Å². The molecule has 0 aliphatic carbocycles. The van der Waals surface area contributed by atoms with Crippen LogP contribution in [-0.2, 0) is 14.6 Å². The second-order valence-electron chi connectivity index (χ2n) is 4.84. The van der Waals surface area contributed by atoms with Crippen molar-refractivity contribution >= 4 is 15.7 Å². The van der Waals surface area contributed by atoms with E-state index in [-0.39, 0.29) is 22.5 Å². The van der Waals surface area contributed by atoms with Crippen LogP contribution in [0, 0.1) is 0 Å². The van der Waals surface area contributed by atoms with Gasteiger partial charge in [0.15, 0.2) is 15.7 Å². The van der Waals surface area contributed by atoms with Crippen LogP contribution in [0.25, 0.3) is 0 Å². The summed E-state index contributed by atoms with van der Waals surface area (Å²) < 4.78 is 29.6. The van der Waals surface area contributed by atoms with Gasteiger partial charge in [-0.3, -0.25) is 0 Å². The summed E-state index contributed by atoms with van der Waals surface area (Å²) in [6.07, 6.45) is 0.911. The number of ether oxygens (including phenoxy) is 1. The molecule has 2 rings (SSSR count). The highest BCUT2D eigenvalue weighted by atomic mass is 32.2. The van der Waals surface area contributed by atoms with Crippen molar-refractivity contribution in [2.24, 2.45) is 10.9 Å². The van der Waals surface area contributed by atoms with Crippen LogP contribution in [0.3, 0.4) is 0 Å². The first-order chi connectivity index (χ1) is 10.0. The van der Waals surface area contributed by atoms with E-state index in [4.69, 9.17) is 15.7 Å². The fourth-order valence-electron chi connectivity index (χ4n) is 2.10. The van der Waals surface area contributed by atoms with E-state index >= 15 is 0 Å². The fourth-order valence-corrected chi connectivity index (χ4v) is 3.27. The van der Waals surface area contributed by atoms with Crippen LogP contribution in [0.15, 0.2) is 34.3 Å². The third-order valence-corrected chi connectivity index (χ3v) is 5.08. The summed E-state index contributed by atoms with van der Waals surface area (Å²) in [5, 5.41) is 14.6. The molecule has 1 aromatic rings. The van der Waals surface area contributed by atoms with Gasteiger partial charge in [-0.2, -0.15) is 0 Å². The summed E-state index contributed by atoms with van der Waals surface area (Å²) in [6.45, 7) is 1.74. The molecule has 1 fully saturated rings. The Morgan fingerprint density at radius 2 is 2.14 bits per heavy atom. The summed E-state index contributed by atoms with van der Waals surface area (Å²) >= 11 is 0. The molecule has 7 nitrogen and oxygen atoms in total. The molecule has 21 heavy (non-hydrogen) atoms. The van der Waals surface area contributed by atoms with Crippen LogP contribution in [0.4, 0.5) is 0 Å². The zero-order valence-corrected chi connectivity index (χ0v) is 12.3. The molecule has 1 aliphatic rings. The number of rotatable bonds is 6. The predicted octanol–water partition coefficient (Wildman–Crippen LogP) is -0.0667. The van der Waals surface area contributed by atoms with E-state index in [1.54, 1.807) is 0 Å². The minimum Gasteiger partial charge on any atom is -0.409 e. The van der Waals surface area contributed by atoms with Crippen molar-refractivity contribution in [3.8, 4) is 0 Å². The van der Waals surface area contributed by atoms with Crippen LogP contribution in [0.5, 0.6) is 0 Å². The molecule has 1 saturated heterocycles. The van der Waals surface area contributed by atoms with Gasteiger partial charge in [-0.05, 0) is 30.7 Å². The van der Waals surface area contributed by atoms with E-state index < -0.39 is 9.84 Å². The Hall–Kier alpha value is -1.64. The van der Waals surface area contributed by atoms with Crippen molar-refractivity contribution < 1.29 is 18.4 Å². The molecule has 1 atom stereocenters. The molecule has 1 aromatic carbocycles. The molecule has 1 aliphatic heterocycles. The molecule has 1 unspecified atom stereocenters. The Balaban J connectivity index is 1.95. The zero-order chi connectivity index (χ0) is 15.3. The van der Waals surface area contributed by atoms with E-state index in [2.05, 4.69) is 10.5 Å². The molecule has 0 aromatic heterocycles. The average Bonchev–Trinajstić information content (AvgIpc) is 2.99. The van der Waals surface area contributed by atoms with Gasteiger partial charge in [0.25, 0.3) is 0 Å². The molecule has 0 bridgehead atoms. The van der Waals surface area contributed by atoms with Crippen LogP contribution >= 0.6 is 0 Å². The second-order valence-corrected chi connectivity index (χ2v) is 6.95. The fraction of sp³-hybridized carbons (Fsp3) is 0.462. The first-order valence-corrected chi connectivity index (χ1v) is 8.30. The molecule has 1 heterocycles. The molecular formula is C13H19N3O4S. The minimum atomic E-state index is -3.35. The van der Waals surface area contributed by atoms with Gasteiger partial charge in [0.1, 0.15) is 0 Å². The average molecular weight is 313 g/mol.